The summed E-state index contributed by atoms with van der Waals surface area (Å²) in [6.45, 7) is 0. The van der Waals surface area contributed by atoms with E-state index in [1.54, 1.807) is 31.1 Å². The zero-order valence-electron chi connectivity index (χ0n) is 8.45. The van der Waals surface area contributed by atoms with E-state index in [0.717, 1.165) is 5.56 Å². The number of likely N-dealkylation sites (N-methyl/N-ethyl adjacent to an activating group) is 1. The number of hydrogen-bond acceptors (Lipinski definition) is 2. The van der Waals surface area contributed by atoms with Crippen LogP contribution in [0, 0.1) is 6.07 Å². The van der Waals surface area contributed by atoms with Gasteiger partial charge in [0.25, 0.3) is 0 Å². The minimum atomic E-state index is 0. The molecule has 1 radical (unpaired) electrons. The Labute approximate surface area is 110 Å². The van der Waals surface area contributed by atoms with Crippen molar-refractivity contribution in [2.75, 3.05) is 19.8 Å². The molecular weight excluding hydrogens is 253 g/mol. The first-order valence-electron chi connectivity index (χ1n) is 4.06. The summed E-state index contributed by atoms with van der Waals surface area (Å²) >= 11 is 0. The third-order valence-electron chi connectivity index (χ3n) is 1.76. The zero-order valence-corrected chi connectivity index (χ0v) is 11.3. The van der Waals surface area contributed by atoms with Crippen LogP contribution in [0.1, 0.15) is 5.56 Å². The maximum absolute atomic E-state index is 11.3. The van der Waals surface area contributed by atoms with Crippen LogP contribution in [0.5, 0.6) is 0 Å². The van der Waals surface area contributed by atoms with Gasteiger partial charge in [-0.25, -0.2) is 0 Å². The number of anilines is 1. The van der Waals surface area contributed by atoms with E-state index >= 15 is 0 Å². The van der Waals surface area contributed by atoms with Crippen LogP contribution in [0.4, 0.5) is 5.69 Å². The Morgan fingerprint density at radius 2 is 2.14 bits per heavy atom. The molecule has 1 aromatic carbocycles. The minimum absolute atomic E-state index is 0. The fourth-order valence-electron chi connectivity index (χ4n) is 0.912. The van der Waals surface area contributed by atoms with Crippen LogP contribution >= 0.6 is 0 Å². The van der Waals surface area contributed by atoms with Gasteiger partial charge < -0.3 is 10.6 Å². The summed E-state index contributed by atoms with van der Waals surface area (Å²) in [5.74, 6) is 0.0816. The molecular formula is C10H13N2OY-. The number of carbonyl (C=O) groups is 1. The van der Waals surface area contributed by atoms with E-state index in [9.17, 15) is 4.79 Å². The molecule has 0 unspecified atom stereocenters. The van der Waals surface area contributed by atoms with Crippen molar-refractivity contribution < 1.29 is 37.5 Å². The smallest absolute Gasteiger partial charge is 0.214 e. The number of nitrogens with two attached hydrogens (primary N) is 1. The van der Waals surface area contributed by atoms with Gasteiger partial charge in [-0.05, 0) is 0 Å². The van der Waals surface area contributed by atoms with Gasteiger partial charge in [-0.15, -0.1) is 11.6 Å². The predicted octanol–water partition coefficient (Wildman–Crippen LogP) is 0.697. The second-order valence-corrected chi connectivity index (χ2v) is 3.12. The molecule has 73 valence electrons. The van der Waals surface area contributed by atoms with Gasteiger partial charge in [0, 0.05) is 53.2 Å². The maximum Gasteiger partial charge on any atom is 0.214 e. The normalized spacial score (nSPS) is 9.00. The van der Waals surface area contributed by atoms with Crippen molar-refractivity contribution in [2.24, 2.45) is 0 Å². The molecule has 0 heterocycles. The van der Waals surface area contributed by atoms with E-state index in [4.69, 9.17) is 5.73 Å². The summed E-state index contributed by atoms with van der Waals surface area (Å²) in [6, 6.07) is 8.19. The Balaban J connectivity index is 0.00000169. The molecule has 1 rings (SSSR count). The molecule has 0 spiro atoms. The molecule has 3 nitrogen and oxygen atoms in total. The van der Waals surface area contributed by atoms with E-state index in [1.807, 2.05) is 6.07 Å². The average Bonchev–Trinajstić information content (AvgIpc) is 2.08. The second kappa shape index (κ2) is 6.15. The Kier molecular flexibility index (Phi) is 5.97. The molecule has 0 saturated heterocycles. The maximum atomic E-state index is 11.3. The van der Waals surface area contributed by atoms with Gasteiger partial charge in [0.05, 0.1) is 0 Å². The van der Waals surface area contributed by atoms with Gasteiger partial charge >= 0.3 is 0 Å². The van der Waals surface area contributed by atoms with Crippen LogP contribution in [0.3, 0.4) is 0 Å². The van der Waals surface area contributed by atoms with Crippen molar-refractivity contribution in [3.8, 4) is 0 Å². The van der Waals surface area contributed by atoms with Crippen molar-refractivity contribution >= 4 is 11.6 Å². The molecule has 0 fully saturated rings. The van der Waals surface area contributed by atoms with Crippen molar-refractivity contribution in [2.45, 2.75) is 6.42 Å². The first-order chi connectivity index (χ1) is 6.09. The zero-order chi connectivity index (χ0) is 9.84. The number of benzene rings is 1. The van der Waals surface area contributed by atoms with Crippen LogP contribution < -0.4 is 5.73 Å². The van der Waals surface area contributed by atoms with Crippen molar-refractivity contribution in [1.29, 1.82) is 0 Å². The van der Waals surface area contributed by atoms with Crippen LogP contribution in [0.15, 0.2) is 18.2 Å². The summed E-state index contributed by atoms with van der Waals surface area (Å²) in [5.41, 5.74) is 7.00. The summed E-state index contributed by atoms with van der Waals surface area (Å²) < 4.78 is 0. The molecule has 0 aliphatic rings. The van der Waals surface area contributed by atoms with Gasteiger partial charge in [-0.1, -0.05) is 5.69 Å². The Morgan fingerprint density at radius 1 is 1.50 bits per heavy atom. The van der Waals surface area contributed by atoms with Crippen LogP contribution in [0.2, 0.25) is 0 Å². The van der Waals surface area contributed by atoms with E-state index < -0.39 is 0 Å². The van der Waals surface area contributed by atoms with Crippen molar-refractivity contribution in [1.82, 2.24) is 4.90 Å². The molecule has 2 N–H and O–H groups in total. The number of hydrogen-bond donors (Lipinski definition) is 1. The average molecular weight is 266 g/mol. The Hall–Kier alpha value is -0.406. The Bertz CT molecular complexity index is 295. The van der Waals surface area contributed by atoms with Crippen LogP contribution in [-0.2, 0) is 43.9 Å². The van der Waals surface area contributed by atoms with Crippen molar-refractivity contribution in [3.63, 3.8) is 0 Å². The van der Waals surface area contributed by atoms with Gasteiger partial charge in [0.1, 0.15) is 0 Å². The summed E-state index contributed by atoms with van der Waals surface area (Å²) in [4.78, 5) is 12.8. The SMILES string of the molecule is CN(C)C(=O)Cc1c[c-]c(N)cc1.[Y]. The summed E-state index contributed by atoms with van der Waals surface area (Å²) in [5, 5.41) is 0. The number of nitrogen functional groups attached to an aromatic ring is 1. The first-order valence-corrected chi connectivity index (χ1v) is 4.06. The summed E-state index contributed by atoms with van der Waals surface area (Å²) in [7, 11) is 3.48. The number of amides is 1. The summed E-state index contributed by atoms with van der Waals surface area (Å²) in [6.07, 6.45) is 0.407. The molecule has 1 amide bonds. The fourth-order valence-corrected chi connectivity index (χ4v) is 0.912. The van der Waals surface area contributed by atoms with Crippen LogP contribution in [0.25, 0.3) is 0 Å². The van der Waals surface area contributed by atoms with E-state index in [1.165, 1.54) is 0 Å². The molecule has 0 aliphatic carbocycles. The number of rotatable bonds is 2. The second-order valence-electron chi connectivity index (χ2n) is 3.12. The monoisotopic (exact) mass is 266 g/mol. The van der Waals surface area contributed by atoms with Gasteiger partial charge in [-0.3, -0.25) is 4.79 Å². The van der Waals surface area contributed by atoms with Crippen molar-refractivity contribution in [3.05, 3.63) is 29.8 Å². The standard InChI is InChI=1S/C10H13N2O.Y/c1-12(2)10(13)7-8-3-5-9(11)6-4-8;/h3-5H,7,11H2,1-2H3;/q-1;. The van der Waals surface area contributed by atoms with Gasteiger partial charge in [-0.2, -0.15) is 18.2 Å². The van der Waals surface area contributed by atoms with Crippen LogP contribution in [-0.4, -0.2) is 24.9 Å². The molecule has 14 heavy (non-hydrogen) atoms. The number of carbonyl (C=O) groups excluding carboxylic acids is 1. The number of nitrogens with zero attached hydrogens (tertiary/aromatic N) is 1. The topological polar surface area (TPSA) is 46.3 Å². The molecule has 0 atom stereocenters. The largest absolute Gasteiger partial charge is 0.420 e. The third-order valence-corrected chi connectivity index (χ3v) is 1.76. The molecule has 4 heteroatoms. The fraction of sp³-hybridized carbons (Fsp3) is 0.300. The minimum Gasteiger partial charge on any atom is -0.420 e. The molecule has 0 saturated carbocycles. The predicted molar refractivity (Wildman–Crippen MR) is 52.1 cm³/mol. The van der Waals surface area contributed by atoms with E-state index in [-0.39, 0.29) is 38.6 Å². The molecule has 0 aromatic heterocycles. The molecule has 1 aromatic rings. The third kappa shape index (κ3) is 4.20. The molecule has 0 aliphatic heterocycles. The van der Waals surface area contributed by atoms with E-state index in [0.29, 0.717) is 12.1 Å². The van der Waals surface area contributed by atoms with E-state index in [2.05, 4.69) is 6.07 Å². The quantitative estimate of drug-likeness (QED) is 0.632. The molecule has 0 bridgehead atoms. The van der Waals surface area contributed by atoms with Gasteiger partial charge in [0.2, 0.25) is 5.91 Å². The van der Waals surface area contributed by atoms with Gasteiger partial charge in [0.15, 0.2) is 0 Å². The Morgan fingerprint density at radius 3 is 2.57 bits per heavy atom. The first kappa shape index (κ1) is 13.6.